The van der Waals surface area contributed by atoms with Crippen molar-refractivity contribution in [3.63, 3.8) is 0 Å². The van der Waals surface area contributed by atoms with E-state index in [1.165, 1.54) is 14.2 Å². The van der Waals surface area contributed by atoms with Gasteiger partial charge in [-0.2, -0.15) is 0 Å². The van der Waals surface area contributed by atoms with Crippen molar-refractivity contribution in [2.45, 2.75) is 0 Å². The topological polar surface area (TPSA) is 86.9 Å². The molecule has 0 fully saturated rings. The van der Waals surface area contributed by atoms with Crippen LogP contribution in [0.4, 0.5) is 0 Å². The molecule has 0 atom stereocenters. The number of rotatable bonds is 6. The summed E-state index contributed by atoms with van der Waals surface area (Å²) >= 11 is 0. The summed E-state index contributed by atoms with van der Waals surface area (Å²) in [7, 11) is 5.67. The van der Waals surface area contributed by atoms with Crippen LogP contribution in [0, 0.1) is 0 Å². The van der Waals surface area contributed by atoms with Gasteiger partial charge in [-0.1, -0.05) is 24.3 Å². The smallest absolute Gasteiger partial charge is 0.355 e. The molecule has 0 radical (unpaired) electrons. The van der Waals surface area contributed by atoms with Gasteiger partial charge in [0.15, 0.2) is 0 Å². The predicted octanol–water partition coefficient (Wildman–Crippen LogP) is 3.94. The van der Waals surface area contributed by atoms with E-state index in [4.69, 9.17) is 18.9 Å². The van der Waals surface area contributed by atoms with E-state index in [2.05, 4.69) is 4.98 Å². The van der Waals surface area contributed by atoms with Crippen molar-refractivity contribution in [2.24, 2.45) is 0 Å². The number of benzene rings is 2. The number of carbonyl (C=O) groups is 2. The zero-order chi connectivity index (χ0) is 21.0. The summed E-state index contributed by atoms with van der Waals surface area (Å²) in [4.78, 5) is 28.0. The van der Waals surface area contributed by atoms with Crippen LogP contribution in [0.1, 0.15) is 21.0 Å². The first-order chi connectivity index (χ1) is 14.0. The molecular formula is C22H21NO6. The van der Waals surface area contributed by atoms with E-state index in [-0.39, 0.29) is 11.4 Å². The highest BCUT2D eigenvalue weighted by molar-refractivity contribution is 6.08. The lowest BCUT2D eigenvalue weighted by molar-refractivity contribution is 0.0591. The largest absolute Gasteiger partial charge is 0.497 e. The van der Waals surface area contributed by atoms with Crippen molar-refractivity contribution in [1.82, 2.24) is 4.98 Å². The molecular weight excluding hydrogens is 374 g/mol. The number of aromatic amines is 1. The summed E-state index contributed by atoms with van der Waals surface area (Å²) in [6.45, 7) is 0. The maximum Gasteiger partial charge on any atom is 0.355 e. The second-order valence-corrected chi connectivity index (χ2v) is 6.07. The van der Waals surface area contributed by atoms with Gasteiger partial charge in [-0.25, -0.2) is 9.59 Å². The van der Waals surface area contributed by atoms with Crippen LogP contribution >= 0.6 is 0 Å². The van der Waals surface area contributed by atoms with Gasteiger partial charge in [-0.05, 0) is 35.4 Å². The molecule has 0 spiro atoms. The van der Waals surface area contributed by atoms with Gasteiger partial charge in [0, 0.05) is 11.1 Å². The zero-order valence-electron chi connectivity index (χ0n) is 16.6. The standard InChI is InChI=1S/C22H21NO6/c1-26-15-9-5-7-13(11-15)17-18(14-8-6-10-16(12-14)27-2)20(22(25)29-4)23-19(17)21(24)28-3/h5-12,23H,1-4H3. The van der Waals surface area contributed by atoms with E-state index < -0.39 is 11.9 Å². The number of H-pyrrole nitrogens is 1. The minimum absolute atomic E-state index is 0.138. The number of hydrogen-bond donors (Lipinski definition) is 1. The second-order valence-electron chi connectivity index (χ2n) is 6.07. The van der Waals surface area contributed by atoms with Gasteiger partial charge in [0.2, 0.25) is 0 Å². The molecule has 1 aromatic heterocycles. The fourth-order valence-electron chi connectivity index (χ4n) is 3.14. The Morgan fingerprint density at radius 1 is 0.690 bits per heavy atom. The van der Waals surface area contributed by atoms with Crippen LogP contribution in [0.5, 0.6) is 11.5 Å². The molecule has 0 amide bonds. The first kappa shape index (κ1) is 20.0. The fourth-order valence-corrected chi connectivity index (χ4v) is 3.14. The molecule has 1 N–H and O–H groups in total. The van der Waals surface area contributed by atoms with E-state index in [0.717, 1.165) is 0 Å². The van der Waals surface area contributed by atoms with Crippen molar-refractivity contribution >= 4 is 11.9 Å². The molecule has 0 saturated heterocycles. The monoisotopic (exact) mass is 395 g/mol. The lowest BCUT2D eigenvalue weighted by Gasteiger charge is -2.11. The Morgan fingerprint density at radius 2 is 1.10 bits per heavy atom. The van der Waals surface area contributed by atoms with Crippen molar-refractivity contribution in [3.05, 3.63) is 59.9 Å². The van der Waals surface area contributed by atoms with Crippen molar-refractivity contribution in [2.75, 3.05) is 28.4 Å². The van der Waals surface area contributed by atoms with Crippen LogP contribution < -0.4 is 9.47 Å². The number of esters is 2. The zero-order valence-corrected chi connectivity index (χ0v) is 16.6. The number of methoxy groups -OCH3 is 4. The molecule has 7 heteroatoms. The van der Waals surface area contributed by atoms with E-state index in [9.17, 15) is 9.59 Å². The van der Waals surface area contributed by atoms with Crippen LogP contribution in [-0.4, -0.2) is 45.4 Å². The number of carbonyl (C=O) groups excluding carboxylic acids is 2. The summed E-state index contributed by atoms with van der Waals surface area (Å²) in [5, 5.41) is 0. The van der Waals surface area contributed by atoms with Gasteiger partial charge in [-0.15, -0.1) is 0 Å². The van der Waals surface area contributed by atoms with Gasteiger partial charge in [-0.3, -0.25) is 0 Å². The highest BCUT2D eigenvalue weighted by Crippen LogP contribution is 2.40. The quantitative estimate of drug-likeness (QED) is 0.636. The maximum atomic E-state index is 12.5. The van der Waals surface area contributed by atoms with Gasteiger partial charge < -0.3 is 23.9 Å². The number of ether oxygens (including phenoxy) is 4. The minimum atomic E-state index is -0.609. The van der Waals surface area contributed by atoms with Gasteiger partial charge in [0.25, 0.3) is 0 Å². The highest BCUT2D eigenvalue weighted by atomic mass is 16.5. The number of hydrogen-bond acceptors (Lipinski definition) is 6. The summed E-state index contributed by atoms with van der Waals surface area (Å²) in [5.74, 6) is -0.00399. The molecule has 150 valence electrons. The third-order valence-electron chi connectivity index (χ3n) is 4.50. The first-order valence-electron chi connectivity index (χ1n) is 8.75. The molecule has 0 aliphatic carbocycles. The molecule has 3 rings (SSSR count). The Balaban J connectivity index is 2.40. The Morgan fingerprint density at radius 3 is 1.45 bits per heavy atom. The highest BCUT2D eigenvalue weighted by Gasteiger charge is 2.29. The summed E-state index contributed by atoms with van der Waals surface area (Å²) in [5.41, 5.74) is 2.63. The summed E-state index contributed by atoms with van der Waals surface area (Å²) in [6, 6.07) is 14.4. The fraction of sp³-hybridized carbons (Fsp3) is 0.182. The third kappa shape index (κ3) is 3.80. The molecule has 0 unspecified atom stereocenters. The minimum Gasteiger partial charge on any atom is -0.497 e. The second kappa shape index (κ2) is 8.52. The predicted molar refractivity (Wildman–Crippen MR) is 107 cm³/mol. The average Bonchev–Trinajstić information content (AvgIpc) is 3.18. The Labute approximate surface area is 168 Å². The van der Waals surface area contributed by atoms with E-state index in [0.29, 0.717) is 33.8 Å². The van der Waals surface area contributed by atoms with Gasteiger partial charge in [0.05, 0.1) is 28.4 Å². The van der Waals surface area contributed by atoms with Crippen LogP contribution in [0.2, 0.25) is 0 Å². The van der Waals surface area contributed by atoms with Crippen molar-refractivity contribution < 1.29 is 28.5 Å². The first-order valence-corrected chi connectivity index (χ1v) is 8.75. The van der Waals surface area contributed by atoms with E-state index in [1.807, 2.05) is 12.1 Å². The Hall–Kier alpha value is -3.74. The summed E-state index contributed by atoms with van der Waals surface area (Å²) in [6.07, 6.45) is 0. The third-order valence-corrected chi connectivity index (χ3v) is 4.50. The Bertz CT molecular complexity index is 971. The van der Waals surface area contributed by atoms with E-state index >= 15 is 0 Å². The molecule has 0 aliphatic heterocycles. The normalized spacial score (nSPS) is 10.3. The Kier molecular flexibility index (Phi) is 5.87. The van der Waals surface area contributed by atoms with Crippen LogP contribution in [-0.2, 0) is 9.47 Å². The molecule has 2 aromatic carbocycles. The summed E-state index contributed by atoms with van der Waals surface area (Å²) < 4.78 is 20.5. The van der Waals surface area contributed by atoms with Crippen LogP contribution in [0.25, 0.3) is 22.3 Å². The van der Waals surface area contributed by atoms with Crippen LogP contribution in [0.3, 0.4) is 0 Å². The van der Waals surface area contributed by atoms with E-state index in [1.54, 1.807) is 50.6 Å². The van der Waals surface area contributed by atoms with Gasteiger partial charge in [0.1, 0.15) is 22.9 Å². The number of nitrogens with one attached hydrogen (secondary N) is 1. The lowest BCUT2D eigenvalue weighted by atomic mass is 9.94. The molecule has 0 saturated carbocycles. The lowest BCUT2D eigenvalue weighted by Crippen LogP contribution is -2.06. The van der Waals surface area contributed by atoms with Crippen LogP contribution in [0.15, 0.2) is 48.5 Å². The maximum absolute atomic E-state index is 12.5. The SMILES string of the molecule is COC(=O)c1[nH]c(C(=O)OC)c(-c2cccc(OC)c2)c1-c1cccc(OC)c1. The molecule has 0 bridgehead atoms. The van der Waals surface area contributed by atoms with Crippen molar-refractivity contribution in [3.8, 4) is 33.8 Å². The van der Waals surface area contributed by atoms with Crippen molar-refractivity contribution in [1.29, 1.82) is 0 Å². The molecule has 7 nitrogen and oxygen atoms in total. The number of aromatic nitrogens is 1. The average molecular weight is 395 g/mol. The molecule has 1 heterocycles. The molecule has 29 heavy (non-hydrogen) atoms. The van der Waals surface area contributed by atoms with Gasteiger partial charge >= 0.3 is 11.9 Å². The molecule has 3 aromatic rings. The molecule has 0 aliphatic rings.